The van der Waals surface area contributed by atoms with Crippen LogP contribution in [0.2, 0.25) is 0 Å². The monoisotopic (exact) mass is 344 g/mol. The number of nitrogens with zero attached hydrogens (tertiary/aromatic N) is 3. The van der Waals surface area contributed by atoms with Gasteiger partial charge in [0.25, 0.3) is 0 Å². The van der Waals surface area contributed by atoms with Crippen LogP contribution in [0.5, 0.6) is 0 Å². The minimum atomic E-state index is -0.387. The summed E-state index contributed by atoms with van der Waals surface area (Å²) in [7, 11) is 1.72. The molecular formula is C19H28N4O2. The van der Waals surface area contributed by atoms with E-state index in [4.69, 9.17) is 0 Å². The van der Waals surface area contributed by atoms with Gasteiger partial charge in [-0.25, -0.2) is 4.79 Å². The molecule has 0 bridgehead atoms. The molecule has 2 saturated heterocycles. The highest BCUT2D eigenvalue weighted by Gasteiger charge is 2.34. The average Bonchev–Trinajstić information content (AvgIpc) is 2.83. The van der Waals surface area contributed by atoms with Crippen molar-refractivity contribution in [1.82, 2.24) is 20.0 Å². The molecule has 136 valence electrons. The second-order valence-electron chi connectivity index (χ2n) is 6.99. The van der Waals surface area contributed by atoms with Crippen LogP contribution in [0, 0.1) is 0 Å². The maximum Gasteiger partial charge on any atom is 0.317 e. The fourth-order valence-corrected chi connectivity index (χ4v) is 3.59. The molecule has 25 heavy (non-hydrogen) atoms. The molecule has 1 aromatic rings. The maximum absolute atomic E-state index is 12.6. The molecule has 2 heterocycles. The fraction of sp³-hybridized carbons (Fsp3) is 0.579. The first-order valence-corrected chi connectivity index (χ1v) is 9.20. The van der Waals surface area contributed by atoms with Gasteiger partial charge in [-0.2, -0.15) is 0 Å². The van der Waals surface area contributed by atoms with E-state index < -0.39 is 0 Å². The van der Waals surface area contributed by atoms with Crippen molar-refractivity contribution in [2.24, 2.45) is 0 Å². The van der Waals surface area contributed by atoms with E-state index in [1.807, 2.05) is 4.90 Å². The summed E-state index contributed by atoms with van der Waals surface area (Å²) in [5, 5.41) is 2.77. The van der Waals surface area contributed by atoms with Gasteiger partial charge in [0.1, 0.15) is 6.04 Å². The van der Waals surface area contributed by atoms with Crippen LogP contribution in [0.15, 0.2) is 30.3 Å². The van der Waals surface area contributed by atoms with Crippen LogP contribution in [0.3, 0.4) is 0 Å². The van der Waals surface area contributed by atoms with Crippen LogP contribution in [0.25, 0.3) is 0 Å². The molecule has 3 rings (SSSR count). The fourth-order valence-electron chi connectivity index (χ4n) is 3.59. The van der Waals surface area contributed by atoms with Crippen molar-refractivity contribution in [2.75, 3.05) is 46.3 Å². The lowest BCUT2D eigenvalue weighted by atomic mass is 10.1. The largest absolute Gasteiger partial charge is 0.340 e. The van der Waals surface area contributed by atoms with Gasteiger partial charge in [-0.05, 0) is 37.9 Å². The third-order valence-electron chi connectivity index (χ3n) is 5.08. The zero-order valence-corrected chi connectivity index (χ0v) is 15.0. The second kappa shape index (κ2) is 8.34. The molecule has 0 spiro atoms. The molecule has 1 N–H and O–H groups in total. The zero-order chi connectivity index (χ0) is 17.6. The predicted molar refractivity (Wildman–Crippen MR) is 97.3 cm³/mol. The van der Waals surface area contributed by atoms with Gasteiger partial charge >= 0.3 is 6.03 Å². The molecule has 6 nitrogen and oxygen atoms in total. The smallest absolute Gasteiger partial charge is 0.317 e. The Balaban J connectivity index is 1.42. The third-order valence-corrected chi connectivity index (χ3v) is 5.08. The Labute approximate surface area is 149 Å². The predicted octanol–water partition coefficient (Wildman–Crippen LogP) is 1.18. The molecule has 0 radical (unpaired) electrons. The Bertz CT molecular complexity index is 592. The Morgan fingerprint density at radius 3 is 2.68 bits per heavy atom. The summed E-state index contributed by atoms with van der Waals surface area (Å²) in [6.07, 6.45) is 3.23. The lowest BCUT2D eigenvalue weighted by Crippen LogP contribution is -2.46. The van der Waals surface area contributed by atoms with Crippen LogP contribution in [0.1, 0.15) is 18.4 Å². The van der Waals surface area contributed by atoms with Crippen LogP contribution in [0.4, 0.5) is 4.79 Å². The van der Waals surface area contributed by atoms with Gasteiger partial charge in [-0.1, -0.05) is 30.3 Å². The van der Waals surface area contributed by atoms with Crippen LogP contribution in [-0.2, 0) is 11.2 Å². The van der Waals surface area contributed by atoms with Gasteiger partial charge in [0.2, 0.25) is 5.91 Å². The summed E-state index contributed by atoms with van der Waals surface area (Å²) >= 11 is 0. The minimum Gasteiger partial charge on any atom is -0.340 e. The molecule has 3 amide bonds. The molecule has 1 atom stereocenters. The first-order valence-electron chi connectivity index (χ1n) is 9.20. The van der Waals surface area contributed by atoms with Crippen molar-refractivity contribution in [3.63, 3.8) is 0 Å². The van der Waals surface area contributed by atoms with Crippen molar-refractivity contribution in [3.8, 4) is 0 Å². The number of aryl methyl sites for hydroxylation is 1. The van der Waals surface area contributed by atoms with Crippen LogP contribution in [-0.4, -0.2) is 79.0 Å². The highest BCUT2D eigenvalue weighted by Crippen LogP contribution is 2.10. The number of hydrogen-bond donors (Lipinski definition) is 1. The summed E-state index contributed by atoms with van der Waals surface area (Å²) in [6, 6.07) is 10.0. The van der Waals surface area contributed by atoms with Gasteiger partial charge in [0, 0.05) is 26.7 Å². The first-order chi connectivity index (χ1) is 12.1. The van der Waals surface area contributed by atoms with Crippen LogP contribution >= 0.6 is 0 Å². The van der Waals surface area contributed by atoms with Crippen LogP contribution < -0.4 is 5.32 Å². The van der Waals surface area contributed by atoms with Gasteiger partial charge in [-0.3, -0.25) is 4.79 Å². The van der Waals surface area contributed by atoms with E-state index in [2.05, 4.69) is 40.5 Å². The number of nitrogens with one attached hydrogen (secondary N) is 1. The average molecular weight is 344 g/mol. The number of rotatable bonds is 5. The van der Waals surface area contributed by atoms with E-state index in [9.17, 15) is 9.59 Å². The van der Waals surface area contributed by atoms with E-state index in [1.54, 1.807) is 11.9 Å². The lowest BCUT2D eigenvalue weighted by molar-refractivity contribution is -0.132. The van der Waals surface area contributed by atoms with E-state index in [-0.39, 0.29) is 18.0 Å². The molecule has 0 unspecified atom stereocenters. The molecule has 0 saturated carbocycles. The Morgan fingerprint density at radius 1 is 1.16 bits per heavy atom. The molecule has 6 heteroatoms. The summed E-state index contributed by atoms with van der Waals surface area (Å²) < 4.78 is 0. The van der Waals surface area contributed by atoms with E-state index >= 15 is 0 Å². The Kier molecular flexibility index (Phi) is 5.91. The third kappa shape index (κ3) is 4.72. The van der Waals surface area contributed by atoms with Gasteiger partial charge in [-0.15, -0.1) is 0 Å². The SMILES string of the molecule is CN1C[C@@H](C(=O)N2CCCN(CCCc3ccccc3)CC2)NC1=O. The second-order valence-corrected chi connectivity index (χ2v) is 6.99. The van der Waals surface area contributed by atoms with E-state index in [1.165, 1.54) is 5.56 Å². The van der Waals surface area contributed by atoms with E-state index in [0.717, 1.165) is 52.0 Å². The van der Waals surface area contributed by atoms with Gasteiger partial charge in [0.15, 0.2) is 0 Å². The van der Waals surface area contributed by atoms with Crippen molar-refractivity contribution in [2.45, 2.75) is 25.3 Å². The van der Waals surface area contributed by atoms with Crippen molar-refractivity contribution < 1.29 is 9.59 Å². The summed E-state index contributed by atoms with van der Waals surface area (Å²) in [5.41, 5.74) is 1.38. The standard InChI is InChI=1S/C19H28N4O2/c1-21-15-17(20-19(21)25)18(24)23-12-6-11-22(13-14-23)10-5-9-16-7-3-2-4-8-16/h2-4,7-8,17H,5-6,9-15H2,1H3,(H,20,25)/t17-/m0/s1. The number of hydrogen-bond acceptors (Lipinski definition) is 3. The van der Waals surface area contributed by atoms with Crippen molar-refractivity contribution >= 4 is 11.9 Å². The lowest BCUT2D eigenvalue weighted by Gasteiger charge is -2.24. The number of urea groups is 1. The molecule has 2 aliphatic heterocycles. The molecular weight excluding hydrogens is 316 g/mol. The van der Waals surface area contributed by atoms with Gasteiger partial charge in [0.05, 0.1) is 6.54 Å². The molecule has 2 aliphatic rings. The number of carbonyl (C=O) groups excluding carboxylic acids is 2. The Morgan fingerprint density at radius 2 is 1.96 bits per heavy atom. The molecule has 0 aliphatic carbocycles. The number of carbonyl (C=O) groups is 2. The first kappa shape index (κ1) is 17.7. The summed E-state index contributed by atoms with van der Waals surface area (Å²) in [6.45, 7) is 5.02. The molecule has 1 aromatic carbocycles. The minimum absolute atomic E-state index is 0.0591. The maximum atomic E-state index is 12.6. The molecule has 0 aromatic heterocycles. The van der Waals surface area contributed by atoms with Gasteiger partial charge < -0.3 is 20.0 Å². The normalized spacial score (nSPS) is 22.0. The summed E-state index contributed by atoms with van der Waals surface area (Å²) in [5.74, 6) is 0.0591. The number of likely N-dealkylation sites (N-methyl/N-ethyl adjacent to an activating group) is 1. The topological polar surface area (TPSA) is 55.9 Å². The Hall–Kier alpha value is -2.08. The van der Waals surface area contributed by atoms with E-state index in [0.29, 0.717) is 6.54 Å². The van der Waals surface area contributed by atoms with Crippen molar-refractivity contribution in [3.05, 3.63) is 35.9 Å². The summed E-state index contributed by atoms with van der Waals surface area (Å²) in [4.78, 5) is 30.1. The quantitative estimate of drug-likeness (QED) is 0.873. The number of amides is 3. The zero-order valence-electron chi connectivity index (χ0n) is 15.0. The highest BCUT2D eigenvalue weighted by atomic mass is 16.2. The van der Waals surface area contributed by atoms with Crippen molar-refractivity contribution in [1.29, 1.82) is 0 Å². The molecule has 2 fully saturated rings. The highest BCUT2D eigenvalue weighted by molar-refractivity contribution is 5.90. The number of benzene rings is 1.